The van der Waals surface area contributed by atoms with Crippen molar-refractivity contribution in [1.29, 1.82) is 0 Å². The smallest absolute Gasteiger partial charge is 0.168 e. The molecule has 0 unspecified atom stereocenters. The summed E-state index contributed by atoms with van der Waals surface area (Å²) < 4.78 is 6.17. The minimum absolute atomic E-state index is 0.174. The Hall–Kier alpha value is -0.900. The van der Waals surface area contributed by atoms with E-state index in [-0.39, 0.29) is 6.10 Å². The molecular formula is C14H22N2OS. The molecule has 1 N–H and O–H groups in total. The standard InChI is InChI=1S/C14H22N2OS/c1-11(2)17-12-6-4-9-15-13(12)16-10-14(18-3)7-5-8-14/h4,6,9,11H,5,7-8,10H2,1-3H3,(H,15,16). The molecule has 0 spiro atoms. The molecule has 1 aromatic heterocycles. The van der Waals surface area contributed by atoms with Crippen LogP contribution in [-0.2, 0) is 0 Å². The molecule has 0 saturated heterocycles. The van der Waals surface area contributed by atoms with Crippen LogP contribution in [0.2, 0.25) is 0 Å². The third-order valence-electron chi connectivity index (χ3n) is 3.41. The summed E-state index contributed by atoms with van der Waals surface area (Å²) in [6, 6.07) is 3.89. The summed E-state index contributed by atoms with van der Waals surface area (Å²) in [6.45, 7) is 5.04. The molecule has 1 aromatic rings. The Morgan fingerprint density at radius 2 is 2.28 bits per heavy atom. The number of hydrogen-bond donors (Lipinski definition) is 1. The van der Waals surface area contributed by atoms with Crippen LogP contribution in [0.4, 0.5) is 5.82 Å². The zero-order chi connectivity index (χ0) is 13.0. The lowest BCUT2D eigenvalue weighted by molar-refractivity contribution is 0.242. The van der Waals surface area contributed by atoms with Crippen molar-refractivity contribution < 1.29 is 4.74 Å². The maximum atomic E-state index is 5.76. The van der Waals surface area contributed by atoms with E-state index < -0.39 is 0 Å². The van der Waals surface area contributed by atoms with Gasteiger partial charge in [0.25, 0.3) is 0 Å². The molecule has 100 valence electrons. The van der Waals surface area contributed by atoms with Crippen LogP contribution in [-0.4, -0.2) is 28.6 Å². The molecule has 1 aliphatic carbocycles. The predicted octanol–water partition coefficient (Wildman–Crippen LogP) is 3.57. The first-order valence-corrected chi connectivity index (χ1v) is 7.78. The van der Waals surface area contributed by atoms with Crippen LogP contribution in [0.1, 0.15) is 33.1 Å². The number of ether oxygens (including phenoxy) is 1. The fourth-order valence-electron chi connectivity index (χ4n) is 2.14. The van der Waals surface area contributed by atoms with Gasteiger partial charge in [-0.1, -0.05) is 6.42 Å². The topological polar surface area (TPSA) is 34.2 Å². The minimum atomic E-state index is 0.174. The summed E-state index contributed by atoms with van der Waals surface area (Å²) in [5.74, 6) is 1.72. The molecule has 3 nitrogen and oxygen atoms in total. The van der Waals surface area contributed by atoms with Crippen molar-refractivity contribution in [2.45, 2.75) is 44.0 Å². The molecule has 0 atom stereocenters. The second-order valence-electron chi connectivity index (χ2n) is 5.11. The Balaban J connectivity index is 2.00. The van der Waals surface area contributed by atoms with Gasteiger partial charge in [-0.25, -0.2) is 4.98 Å². The lowest BCUT2D eigenvalue weighted by Crippen LogP contribution is -2.40. The molecule has 1 fully saturated rings. The van der Waals surface area contributed by atoms with Gasteiger partial charge in [0.15, 0.2) is 11.6 Å². The van der Waals surface area contributed by atoms with E-state index in [0.717, 1.165) is 18.1 Å². The fourth-order valence-corrected chi connectivity index (χ4v) is 3.05. The molecular weight excluding hydrogens is 244 g/mol. The van der Waals surface area contributed by atoms with Crippen LogP contribution in [0.15, 0.2) is 18.3 Å². The quantitative estimate of drug-likeness (QED) is 0.853. The zero-order valence-corrected chi connectivity index (χ0v) is 12.2. The third-order valence-corrected chi connectivity index (χ3v) is 4.83. The van der Waals surface area contributed by atoms with Gasteiger partial charge in [0.2, 0.25) is 0 Å². The van der Waals surface area contributed by atoms with Crippen molar-refractivity contribution in [1.82, 2.24) is 4.98 Å². The first kappa shape index (κ1) is 13.5. The summed E-state index contributed by atoms with van der Waals surface area (Å²) >= 11 is 1.97. The first-order valence-electron chi connectivity index (χ1n) is 6.56. The summed E-state index contributed by atoms with van der Waals surface area (Å²) in [7, 11) is 0. The van der Waals surface area contributed by atoms with E-state index in [1.54, 1.807) is 0 Å². The highest BCUT2D eigenvalue weighted by Gasteiger charge is 2.36. The lowest BCUT2D eigenvalue weighted by atomic mass is 9.84. The van der Waals surface area contributed by atoms with Crippen LogP contribution in [0, 0.1) is 0 Å². The van der Waals surface area contributed by atoms with Crippen molar-refractivity contribution in [3.8, 4) is 5.75 Å². The molecule has 0 aromatic carbocycles. The molecule has 1 heterocycles. The summed E-state index contributed by atoms with van der Waals surface area (Å²) in [6.07, 6.45) is 8.13. The Morgan fingerprint density at radius 3 is 2.83 bits per heavy atom. The highest BCUT2D eigenvalue weighted by atomic mass is 32.2. The van der Waals surface area contributed by atoms with Crippen LogP contribution in [0.5, 0.6) is 5.75 Å². The number of hydrogen-bond acceptors (Lipinski definition) is 4. The monoisotopic (exact) mass is 266 g/mol. The van der Waals surface area contributed by atoms with Gasteiger partial charge in [-0.05, 0) is 45.1 Å². The van der Waals surface area contributed by atoms with Crippen molar-refractivity contribution in [3.05, 3.63) is 18.3 Å². The number of aromatic nitrogens is 1. The maximum absolute atomic E-state index is 5.76. The van der Waals surface area contributed by atoms with E-state index in [1.807, 2.05) is 43.9 Å². The van der Waals surface area contributed by atoms with Gasteiger partial charge < -0.3 is 10.1 Å². The van der Waals surface area contributed by atoms with E-state index in [1.165, 1.54) is 19.3 Å². The summed E-state index contributed by atoms with van der Waals surface area (Å²) in [5, 5.41) is 3.46. The highest BCUT2D eigenvalue weighted by Crippen LogP contribution is 2.43. The fraction of sp³-hybridized carbons (Fsp3) is 0.643. The molecule has 2 rings (SSSR count). The molecule has 18 heavy (non-hydrogen) atoms. The van der Waals surface area contributed by atoms with Gasteiger partial charge in [0.1, 0.15) is 0 Å². The van der Waals surface area contributed by atoms with E-state index >= 15 is 0 Å². The average molecular weight is 266 g/mol. The van der Waals surface area contributed by atoms with Gasteiger partial charge in [0, 0.05) is 17.5 Å². The number of rotatable bonds is 6. The van der Waals surface area contributed by atoms with Crippen LogP contribution in [0.25, 0.3) is 0 Å². The number of anilines is 1. The first-order chi connectivity index (χ1) is 8.65. The number of thioether (sulfide) groups is 1. The van der Waals surface area contributed by atoms with E-state index in [2.05, 4.69) is 16.6 Å². The largest absolute Gasteiger partial charge is 0.487 e. The van der Waals surface area contributed by atoms with Gasteiger partial charge >= 0.3 is 0 Å². The van der Waals surface area contributed by atoms with E-state index in [9.17, 15) is 0 Å². The number of nitrogens with one attached hydrogen (secondary N) is 1. The van der Waals surface area contributed by atoms with E-state index in [0.29, 0.717) is 4.75 Å². The van der Waals surface area contributed by atoms with Crippen molar-refractivity contribution in [2.24, 2.45) is 0 Å². The molecule has 0 bridgehead atoms. The van der Waals surface area contributed by atoms with Crippen molar-refractivity contribution >= 4 is 17.6 Å². The number of pyridine rings is 1. The van der Waals surface area contributed by atoms with Gasteiger partial charge in [-0.2, -0.15) is 11.8 Å². The van der Waals surface area contributed by atoms with Gasteiger partial charge in [0.05, 0.1) is 6.10 Å². The molecule has 4 heteroatoms. The molecule has 1 saturated carbocycles. The molecule has 0 aliphatic heterocycles. The average Bonchev–Trinajstić information content (AvgIpc) is 2.29. The molecule has 0 amide bonds. The molecule has 0 radical (unpaired) electrons. The summed E-state index contributed by atoms with van der Waals surface area (Å²) in [4.78, 5) is 4.38. The maximum Gasteiger partial charge on any atom is 0.168 e. The second kappa shape index (κ2) is 5.83. The molecule has 1 aliphatic rings. The van der Waals surface area contributed by atoms with Crippen molar-refractivity contribution in [2.75, 3.05) is 18.1 Å². The van der Waals surface area contributed by atoms with E-state index in [4.69, 9.17) is 4.74 Å². The Labute approximate surface area is 114 Å². The number of nitrogens with zero attached hydrogens (tertiary/aromatic N) is 1. The normalized spacial score (nSPS) is 17.3. The third kappa shape index (κ3) is 3.10. The second-order valence-corrected chi connectivity index (χ2v) is 6.39. The Kier molecular flexibility index (Phi) is 4.38. The SMILES string of the molecule is CSC1(CNc2ncccc2OC(C)C)CCC1. The predicted molar refractivity (Wildman–Crippen MR) is 78.6 cm³/mol. The zero-order valence-electron chi connectivity index (χ0n) is 11.4. The highest BCUT2D eigenvalue weighted by molar-refractivity contribution is 8.00. The summed E-state index contributed by atoms with van der Waals surface area (Å²) in [5.41, 5.74) is 0. The van der Waals surface area contributed by atoms with Gasteiger partial charge in [-0.3, -0.25) is 0 Å². The van der Waals surface area contributed by atoms with Crippen LogP contribution >= 0.6 is 11.8 Å². The lowest BCUT2D eigenvalue weighted by Gasteiger charge is -2.40. The van der Waals surface area contributed by atoms with Gasteiger partial charge in [-0.15, -0.1) is 0 Å². The van der Waals surface area contributed by atoms with Crippen LogP contribution < -0.4 is 10.1 Å². The van der Waals surface area contributed by atoms with Crippen LogP contribution in [0.3, 0.4) is 0 Å². The Bertz CT molecular complexity index is 386. The van der Waals surface area contributed by atoms with Crippen molar-refractivity contribution in [3.63, 3.8) is 0 Å². The Morgan fingerprint density at radius 1 is 1.50 bits per heavy atom. The minimum Gasteiger partial charge on any atom is -0.487 e.